The van der Waals surface area contributed by atoms with Crippen LogP contribution in [0.15, 0.2) is 30.4 Å². The second-order valence-electron chi connectivity index (χ2n) is 3.94. The van der Waals surface area contributed by atoms with E-state index in [1.54, 1.807) is 19.1 Å². The average Bonchev–Trinajstić information content (AvgIpc) is 2.43. The van der Waals surface area contributed by atoms with E-state index in [0.29, 0.717) is 30.9 Å². The Bertz CT molecular complexity index is 514. The summed E-state index contributed by atoms with van der Waals surface area (Å²) in [5.41, 5.74) is 5.92. The molecule has 0 heterocycles. The van der Waals surface area contributed by atoms with Gasteiger partial charge in [0.05, 0.1) is 4.92 Å². The minimum absolute atomic E-state index is 0.0702. The van der Waals surface area contributed by atoms with E-state index in [1.165, 1.54) is 18.2 Å². The van der Waals surface area contributed by atoms with Crippen LogP contribution in [0.25, 0.3) is 0 Å². The molecule has 1 aromatic rings. The molecule has 0 radical (unpaired) electrons. The lowest BCUT2D eigenvalue weighted by Gasteiger charge is -2.07. The predicted octanol–water partition coefficient (Wildman–Crippen LogP) is 1.27. The standard InChI is InChI=1S/C13H18N4O3/c1-2-15-13(18)10-5-6-12(17(19)20)11(9-10)16-8-4-3-7-14/h3-6,9,16H,2,7-8,14H2,1H3,(H,15,18)/b4-3+. The molecule has 0 spiro atoms. The Morgan fingerprint density at radius 1 is 1.45 bits per heavy atom. The van der Waals surface area contributed by atoms with E-state index in [-0.39, 0.29) is 11.6 Å². The lowest BCUT2D eigenvalue weighted by Crippen LogP contribution is -2.22. The Hall–Kier alpha value is -2.41. The summed E-state index contributed by atoms with van der Waals surface area (Å²) in [6.07, 6.45) is 3.51. The summed E-state index contributed by atoms with van der Waals surface area (Å²) in [6.45, 7) is 3.11. The molecule has 20 heavy (non-hydrogen) atoms. The zero-order valence-electron chi connectivity index (χ0n) is 11.3. The van der Waals surface area contributed by atoms with Gasteiger partial charge >= 0.3 is 0 Å². The van der Waals surface area contributed by atoms with Gasteiger partial charge in [0.15, 0.2) is 0 Å². The van der Waals surface area contributed by atoms with Crippen molar-refractivity contribution in [2.45, 2.75) is 6.92 Å². The molecule has 4 N–H and O–H groups in total. The van der Waals surface area contributed by atoms with Gasteiger partial charge in [-0.25, -0.2) is 0 Å². The van der Waals surface area contributed by atoms with Crippen molar-refractivity contribution in [2.75, 3.05) is 25.0 Å². The Labute approximate surface area is 117 Å². The number of nitro benzene ring substituents is 1. The zero-order valence-corrected chi connectivity index (χ0v) is 11.3. The number of carbonyl (C=O) groups excluding carboxylic acids is 1. The number of hydrogen-bond donors (Lipinski definition) is 3. The van der Waals surface area contributed by atoms with Crippen molar-refractivity contribution in [1.82, 2.24) is 5.32 Å². The fourth-order valence-corrected chi connectivity index (χ4v) is 1.59. The number of rotatable bonds is 7. The van der Waals surface area contributed by atoms with Gasteiger partial charge in [-0.3, -0.25) is 14.9 Å². The molecule has 0 saturated carbocycles. The van der Waals surface area contributed by atoms with E-state index < -0.39 is 4.92 Å². The maximum Gasteiger partial charge on any atom is 0.292 e. The van der Waals surface area contributed by atoms with Gasteiger partial charge in [-0.05, 0) is 19.1 Å². The largest absolute Gasteiger partial charge is 0.376 e. The molecule has 0 aliphatic rings. The lowest BCUT2D eigenvalue weighted by molar-refractivity contribution is -0.384. The smallest absolute Gasteiger partial charge is 0.292 e. The van der Waals surface area contributed by atoms with Crippen molar-refractivity contribution >= 4 is 17.3 Å². The normalized spacial score (nSPS) is 10.5. The highest BCUT2D eigenvalue weighted by Crippen LogP contribution is 2.25. The molecule has 0 atom stereocenters. The van der Waals surface area contributed by atoms with E-state index in [0.717, 1.165) is 0 Å². The van der Waals surface area contributed by atoms with Crippen LogP contribution in [-0.4, -0.2) is 30.5 Å². The second-order valence-corrected chi connectivity index (χ2v) is 3.94. The number of amides is 1. The molecule has 7 nitrogen and oxygen atoms in total. The summed E-state index contributed by atoms with van der Waals surface area (Å²) in [5, 5.41) is 16.5. The van der Waals surface area contributed by atoms with E-state index in [2.05, 4.69) is 10.6 Å². The van der Waals surface area contributed by atoms with Gasteiger partial charge in [0.2, 0.25) is 0 Å². The fraction of sp³-hybridized carbons (Fsp3) is 0.308. The van der Waals surface area contributed by atoms with Gasteiger partial charge in [-0.2, -0.15) is 0 Å². The van der Waals surface area contributed by atoms with Crippen molar-refractivity contribution in [1.29, 1.82) is 0 Å². The molecule has 0 saturated heterocycles. The number of nitrogens with zero attached hydrogens (tertiary/aromatic N) is 1. The quantitative estimate of drug-likeness (QED) is 0.395. The van der Waals surface area contributed by atoms with Crippen LogP contribution in [0.4, 0.5) is 11.4 Å². The SMILES string of the molecule is CCNC(=O)c1ccc([N+](=O)[O-])c(NC/C=C/CN)c1. The molecule has 1 rings (SSSR count). The molecular formula is C13H18N4O3. The van der Waals surface area contributed by atoms with Crippen LogP contribution < -0.4 is 16.4 Å². The molecule has 7 heteroatoms. The van der Waals surface area contributed by atoms with Gasteiger partial charge in [-0.1, -0.05) is 12.2 Å². The van der Waals surface area contributed by atoms with E-state index in [4.69, 9.17) is 5.73 Å². The highest BCUT2D eigenvalue weighted by Gasteiger charge is 2.15. The van der Waals surface area contributed by atoms with Crippen molar-refractivity contribution in [3.63, 3.8) is 0 Å². The molecule has 0 aromatic heterocycles. The predicted molar refractivity (Wildman–Crippen MR) is 77.8 cm³/mol. The fourth-order valence-electron chi connectivity index (χ4n) is 1.59. The molecule has 0 aliphatic carbocycles. The molecule has 0 bridgehead atoms. The Kier molecular flexibility index (Phi) is 6.18. The van der Waals surface area contributed by atoms with Crippen LogP contribution in [-0.2, 0) is 0 Å². The van der Waals surface area contributed by atoms with Crippen LogP contribution in [0.2, 0.25) is 0 Å². The molecule has 0 aliphatic heterocycles. The van der Waals surface area contributed by atoms with Crippen molar-refractivity contribution < 1.29 is 9.72 Å². The van der Waals surface area contributed by atoms with E-state index in [9.17, 15) is 14.9 Å². The summed E-state index contributed by atoms with van der Waals surface area (Å²) >= 11 is 0. The van der Waals surface area contributed by atoms with Gasteiger partial charge in [-0.15, -0.1) is 0 Å². The first-order chi connectivity index (χ1) is 9.60. The third kappa shape index (κ3) is 4.36. The van der Waals surface area contributed by atoms with Gasteiger partial charge in [0.1, 0.15) is 5.69 Å². The second kappa shape index (κ2) is 7.90. The minimum atomic E-state index is -0.490. The Morgan fingerprint density at radius 3 is 2.80 bits per heavy atom. The zero-order chi connectivity index (χ0) is 15.0. The highest BCUT2D eigenvalue weighted by molar-refractivity contribution is 5.95. The van der Waals surface area contributed by atoms with E-state index >= 15 is 0 Å². The van der Waals surface area contributed by atoms with Crippen molar-refractivity contribution in [3.8, 4) is 0 Å². The van der Waals surface area contributed by atoms with Crippen LogP contribution in [0.1, 0.15) is 17.3 Å². The number of nitro groups is 1. The summed E-state index contributed by atoms with van der Waals surface area (Å²) in [7, 11) is 0. The summed E-state index contributed by atoms with van der Waals surface area (Å²) in [6, 6.07) is 4.23. The first-order valence-electron chi connectivity index (χ1n) is 6.25. The third-order valence-corrected chi connectivity index (χ3v) is 2.51. The number of carbonyl (C=O) groups is 1. The summed E-state index contributed by atoms with van der Waals surface area (Å²) < 4.78 is 0. The topological polar surface area (TPSA) is 110 Å². The number of hydrogen-bond acceptors (Lipinski definition) is 5. The average molecular weight is 278 g/mol. The van der Waals surface area contributed by atoms with Crippen molar-refractivity contribution in [2.24, 2.45) is 5.73 Å². The van der Waals surface area contributed by atoms with E-state index in [1.807, 2.05) is 0 Å². The number of nitrogens with one attached hydrogen (secondary N) is 2. The summed E-state index contributed by atoms with van der Waals surface area (Å²) in [5.74, 6) is -0.261. The lowest BCUT2D eigenvalue weighted by atomic mass is 10.1. The minimum Gasteiger partial charge on any atom is -0.376 e. The van der Waals surface area contributed by atoms with Gasteiger partial charge < -0.3 is 16.4 Å². The van der Waals surface area contributed by atoms with Crippen LogP contribution in [0.5, 0.6) is 0 Å². The molecule has 108 valence electrons. The first kappa shape index (κ1) is 15.6. The van der Waals surface area contributed by atoms with Crippen LogP contribution in [0.3, 0.4) is 0 Å². The van der Waals surface area contributed by atoms with Gasteiger partial charge in [0, 0.05) is 31.3 Å². The molecule has 0 fully saturated rings. The maximum absolute atomic E-state index is 11.7. The maximum atomic E-state index is 11.7. The molecule has 1 amide bonds. The Morgan fingerprint density at radius 2 is 2.20 bits per heavy atom. The Balaban J connectivity index is 2.96. The first-order valence-corrected chi connectivity index (χ1v) is 6.25. The molecular weight excluding hydrogens is 260 g/mol. The van der Waals surface area contributed by atoms with Crippen molar-refractivity contribution in [3.05, 3.63) is 46.0 Å². The van der Waals surface area contributed by atoms with Gasteiger partial charge in [0.25, 0.3) is 11.6 Å². The van der Waals surface area contributed by atoms with Crippen LogP contribution >= 0.6 is 0 Å². The number of benzene rings is 1. The number of anilines is 1. The highest BCUT2D eigenvalue weighted by atomic mass is 16.6. The number of nitrogens with two attached hydrogens (primary N) is 1. The third-order valence-electron chi connectivity index (χ3n) is 2.51. The summed E-state index contributed by atoms with van der Waals surface area (Å²) in [4.78, 5) is 22.2. The molecule has 0 unspecified atom stereocenters. The monoisotopic (exact) mass is 278 g/mol. The van der Waals surface area contributed by atoms with Crippen LogP contribution in [0, 0.1) is 10.1 Å². The molecule has 1 aromatic carbocycles.